The number of esters is 2. The first kappa shape index (κ1) is 20.8. The first-order chi connectivity index (χ1) is 13.1. The van der Waals surface area contributed by atoms with Crippen molar-refractivity contribution in [2.24, 2.45) is 0 Å². The molecule has 2 aromatic carbocycles. The highest BCUT2D eigenvalue weighted by atomic mass is 16.5. The maximum atomic E-state index is 12.7. The highest BCUT2D eigenvalue weighted by molar-refractivity contribution is 6.01. The minimum Gasteiger partial charge on any atom is -0.507 e. The molecule has 0 bridgehead atoms. The molecule has 0 saturated heterocycles. The van der Waals surface area contributed by atoms with Crippen LogP contribution < -0.4 is 4.74 Å². The Morgan fingerprint density at radius 2 is 1.46 bits per heavy atom. The first-order valence-corrected chi connectivity index (χ1v) is 8.20. The molecule has 8 heteroatoms. The summed E-state index contributed by atoms with van der Waals surface area (Å²) in [6.45, 7) is 5.94. The Balaban J connectivity index is 2.57. The van der Waals surface area contributed by atoms with Gasteiger partial charge in [-0.1, -0.05) is 0 Å². The number of methoxy groups -OCH3 is 1. The van der Waals surface area contributed by atoms with E-state index in [-0.39, 0.29) is 39.9 Å². The number of phenolic OH excluding ortho intramolecular Hbond substituents is 3. The van der Waals surface area contributed by atoms with E-state index in [0.29, 0.717) is 5.56 Å². The zero-order valence-corrected chi connectivity index (χ0v) is 16.0. The van der Waals surface area contributed by atoms with E-state index in [9.17, 15) is 29.7 Å². The Bertz CT molecular complexity index is 1000. The summed E-state index contributed by atoms with van der Waals surface area (Å²) in [7, 11) is 1.17. The van der Waals surface area contributed by atoms with Gasteiger partial charge in [-0.2, -0.15) is 0 Å². The van der Waals surface area contributed by atoms with Crippen molar-refractivity contribution in [3.8, 4) is 23.0 Å². The van der Waals surface area contributed by atoms with Crippen LogP contribution in [0, 0.1) is 27.7 Å². The summed E-state index contributed by atoms with van der Waals surface area (Å²) in [5.41, 5.74) is 0.135. The molecule has 28 heavy (non-hydrogen) atoms. The molecule has 0 aromatic heterocycles. The second-order valence-corrected chi connectivity index (χ2v) is 6.28. The predicted octanol–water partition coefficient (Wildman–Crippen LogP) is 2.86. The maximum absolute atomic E-state index is 12.7. The van der Waals surface area contributed by atoms with E-state index in [1.165, 1.54) is 40.9 Å². The monoisotopic (exact) mass is 388 g/mol. The summed E-state index contributed by atoms with van der Waals surface area (Å²) in [5, 5.41) is 30.5. The number of carbonyl (C=O) groups is 3. The molecule has 2 aromatic rings. The minimum atomic E-state index is -0.992. The molecule has 2 rings (SSSR count). The molecular weight excluding hydrogens is 368 g/mol. The number of rotatable bonds is 4. The van der Waals surface area contributed by atoms with Crippen LogP contribution in [0.5, 0.6) is 23.0 Å². The number of phenols is 3. The number of benzene rings is 2. The fourth-order valence-corrected chi connectivity index (χ4v) is 2.84. The van der Waals surface area contributed by atoms with E-state index in [4.69, 9.17) is 4.74 Å². The van der Waals surface area contributed by atoms with Crippen LogP contribution in [0.4, 0.5) is 0 Å². The van der Waals surface area contributed by atoms with Crippen LogP contribution in [-0.4, -0.2) is 40.7 Å². The molecule has 0 aliphatic carbocycles. The van der Waals surface area contributed by atoms with Crippen molar-refractivity contribution >= 4 is 18.2 Å². The van der Waals surface area contributed by atoms with E-state index < -0.39 is 34.8 Å². The summed E-state index contributed by atoms with van der Waals surface area (Å²) < 4.78 is 9.94. The van der Waals surface area contributed by atoms with Crippen molar-refractivity contribution in [1.29, 1.82) is 0 Å². The smallest absolute Gasteiger partial charge is 0.347 e. The molecule has 8 nitrogen and oxygen atoms in total. The third-order valence-electron chi connectivity index (χ3n) is 4.66. The van der Waals surface area contributed by atoms with Gasteiger partial charge in [0.15, 0.2) is 6.29 Å². The van der Waals surface area contributed by atoms with Gasteiger partial charge in [-0.25, -0.2) is 9.59 Å². The summed E-state index contributed by atoms with van der Waals surface area (Å²) in [5.74, 6) is -3.29. The molecule has 0 amide bonds. The SMILES string of the molecule is COC(=O)c1c(C)cc(OC(=O)c2c(C)c(C)c(O)c(C=O)c2O)c(C)c1O. The summed E-state index contributed by atoms with van der Waals surface area (Å²) in [6.07, 6.45) is 0.236. The van der Waals surface area contributed by atoms with E-state index in [0.717, 1.165) is 0 Å². The van der Waals surface area contributed by atoms with Gasteiger partial charge in [-0.15, -0.1) is 0 Å². The molecule has 0 spiro atoms. The third-order valence-corrected chi connectivity index (χ3v) is 4.66. The van der Waals surface area contributed by atoms with Gasteiger partial charge in [0.05, 0.1) is 12.7 Å². The number of aryl methyl sites for hydroxylation is 1. The average Bonchev–Trinajstić information content (AvgIpc) is 2.64. The van der Waals surface area contributed by atoms with Crippen LogP contribution in [0.15, 0.2) is 6.07 Å². The lowest BCUT2D eigenvalue weighted by molar-refractivity contribution is 0.0596. The first-order valence-electron chi connectivity index (χ1n) is 8.20. The van der Waals surface area contributed by atoms with Crippen LogP contribution >= 0.6 is 0 Å². The van der Waals surface area contributed by atoms with Crippen molar-refractivity contribution in [1.82, 2.24) is 0 Å². The summed E-state index contributed by atoms with van der Waals surface area (Å²) >= 11 is 0. The van der Waals surface area contributed by atoms with Crippen LogP contribution in [0.25, 0.3) is 0 Å². The molecule has 0 atom stereocenters. The van der Waals surface area contributed by atoms with Crippen molar-refractivity contribution in [2.45, 2.75) is 27.7 Å². The lowest BCUT2D eigenvalue weighted by Gasteiger charge is -2.17. The second-order valence-electron chi connectivity index (χ2n) is 6.28. The van der Waals surface area contributed by atoms with Crippen molar-refractivity contribution in [2.75, 3.05) is 7.11 Å². The van der Waals surface area contributed by atoms with Gasteiger partial charge in [-0.3, -0.25) is 4.79 Å². The lowest BCUT2D eigenvalue weighted by Crippen LogP contribution is -2.14. The quantitative estimate of drug-likeness (QED) is 0.414. The van der Waals surface area contributed by atoms with Gasteiger partial charge in [0.25, 0.3) is 0 Å². The predicted molar refractivity (Wildman–Crippen MR) is 98.5 cm³/mol. The fourth-order valence-electron chi connectivity index (χ4n) is 2.84. The Labute approximate surface area is 161 Å². The van der Waals surface area contributed by atoms with Crippen LogP contribution in [0.3, 0.4) is 0 Å². The van der Waals surface area contributed by atoms with Gasteiger partial charge in [0.2, 0.25) is 0 Å². The second kappa shape index (κ2) is 7.59. The zero-order chi connectivity index (χ0) is 21.3. The largest absolute Gasteiger partial charge is 0.507 e. The standard InChI is InChI=1S/C20H20O8/c1-8-6-13(11(4)17(23)14(8)19(25)27-5)28-20(26)15-9(2)10(3)16(22)12(7-21)18(15)24/h6-7,22-24H,1-5H3. The molecule has 0 aliphatic rings. The van der Waals surface area contributed by atoms with E-state index in [1.807, 2.05) is 0 Å². The molecule has 0 aliphatic heterocycles. The van der Waals surface area contributed by atoms with E-state index in [2.05, 4.69) is 4.74 Å². The zero-order valence-electron chi connectivity index (χ0n) is 16.0. The molecule has 148 valence electrons. The molecule has 0 saturated carbocycles. The van der Waals surface area contributed by atoms with E-state index >= 15 is 0 Å². The topological polar surface area (TPSA) is 130 Å². The van der Waals surface area contributed by atoms with E-state index in [1.54, 1.807) is 0 Å². The number of carbonyl (C=O) groups excluding carboxylic acids is 3. The highest BCUT2D eigenvalue weighted by Gasteiger charge is 2.27. The molecule has 0 fully saturated rings. The van der Waals surface area contributed by atoms with Gasteiger partial charge in [-0.05, 0) is 50.5 Å². The van der Waals surface area contributed by atoms with Gasteiger partial charge in [0.1, 0.15) is 34.1 Å². The minimum absolute atomic E-state index is 0.0372. The van der Waals surface area contributed by atoms with Gasteiger partial charge >= 0.3 is 11.9 Å². The number of aromatic hydroxyl groups is 3. The number of hydrogen-bond donors (Lipinski definition) is 3. The number of aldehydes is 1. The van der Waals surface area contributed by atoms with Gasteiger partial charge < -0.3 is 24.8 Å². The Morgan fingerprint density at radius 1 is 0.857 bits per heavy atom. The average molecular weight is 388 g/mol. The van der Waals surface area contributed by atoms with Crippen LogP contribution in [0.2, 0.25) is 0 Å². The lowest BCUT2D eigenvalue weighted by atomic mass is 9.97. The van der Waals surface area contributed by atoms with Crippen LogP contribution in [0.1, 0.15) is 53.3 Å². The third kappa shape index (κ3) is 3.24. The molecule has 3 N–H and O–H groups in total. The van der Waals surface area contributed by atoms with Crippen molar-refractivity contribution < 1.29 is 39.2 Å². The number of hydrogen-bond acceptors (Lipinski definition) is 8. The molecule has 0 heterocycles. The molecule has 0 radical (unpaired) electrons. The Kier molecular flexibility index (Phi) is 5.63. The summed E-state index contributed by atoms with van der Waals surface area (Å²) in [4.78, 5) is 35.7. The normalized spacial score (nSPS) is 10.5. The molecular formula is C20H20O8. The Hall–Kier alpha value is -3.55. The highest BCUT2D eigenvalue weighted by Crippen LogP contribution is 2.38. The number of ether oxygens (including phenoxy) is 2. The van der Waals surface area contributed by atoms with Crippen LogP contribution in [-0.2, 0) is 4.74 Å². The van der Waals surface area contributed by atoms with Crippen molar-refractivity contribution in [3.05, 3.63) is 45.0 Å². The molecule has 0 unspecified atom stereocenters. The maximum Gasteiger partial charge on any atom is 0.347 e. The van der Waals surface area contributed by atoms with Gasteiger partial charge in [0, 0.05) is 5.56 Å². The Morgan fingerprint density at radius 3 is 2.00 bits per heavy atom. The fraction of sp³-hybridized carbons (Fsp3) is 0.250. The summed E-state index contributed by atoms with van der Waals surface area (Å²) in [6, 6.07) is 1.37. The van der Waals surface area contributed by atoms with Crippen molar-refractivity contribution in [3.63, 3.8) is 0 Å².